The van der Waals surface area contributed by atoms with Crippen LogP contribution in [0.5, 0.6) is 0 Å². The van der Waals surface area contributed by atoms with Crippen LogP contribution in [0.1, 0.15) is 25.5 Å². The van der Waals surface area contributed by atoms with E-state index in [4.69, 9.17) is 15.7 Å². The number of hydrazine groups is 1. The summed E-state index contributed by atoms with van der Waals surface area (Å²) in [6, 6.07) is 8.49. The van der Waals surface area contributed by atoms with Crippen molar-refractivity contribution in [2.75, 3.05) is 6.61 Å². The van der Waals surface area contributed by atoms with Crippen molar-refractivity contribution < 1.29 is 4.74 Å². The second-order valence-electron chi connectivity index (χ2n) is 5.31. The largest absolute Gasteiger partial charge is 0.377 e. The number of ether oxygens (including phenoxy) is 1. The molecule has 0 radical (unpaired) electrons. The van der Waals surface area contributed by atoms with Crippen molar-refractivity contribution >= 4 is 10.9 Å². The summed E-state index contributed by atoms with van der Waals surface area (Å²) in [6.07, 6.45) is 3.19. The first kappa shape index (κ1) is 13.5. The van der Waals surface area contributed by atoms with Crippen molar-refractivity contribution in [3.05, 3.63) is 30.0 Å². The van der Waals surface area contributed by atoms with Gasteiger partial charge in [-0.3, -0.25) is 16.0 Å². The highest BCUT2D eigenvalue weighted by Crippen LogP contribution is 2.23. The molecular weight excluding hydrogens is 252 g/mol. The smallest absolute Gasteiger partial charge is 0.0746 e. The highest BCUT2D eigenvalue weighted by Gasteiger charge is 2.26. The van der Waals surface area contributed by atoms with E-state index in [0.29, 0.717) is 0 Å². The molecule has 1 saturated heterocycles. The van der Waals surface area contributed by atoms with Gasteiger partial charge in [0, 0.05) is 25.0 Å². The Morgan fingerprint density at radius 1 is 1.50 bits per heavy atom. The maximum atomic E-state index is 5.75. The number of nitrogens with one attached hydrogen (secondary N) is 1. The van der Waals surface area contributed by atoms with Gasteiger partial charge in [-0.25, -0.2) is 0 Å². The molecule has 5 nitrogen and oxygen atoms in total. The molecule has 1 aromatic heterocycles. The molecule has 0 spiro atoms. The zero-order chi connectivity index (χ0) is 13.9. The van der Waals surface area contributed by atoms with E-state index in [1.807, 2.05) is 4.68 Å². The average Bonchev–Trinajstić information content (AvgIpc) is 3.13. The Bertz CT molecular complexity index is 574. The van der Waals surface area contributed by atoms with Crippen molar-refractivity contribution in [3.8, 4) is 0 Å². The van der Waals surface area contributed by atoms with Gasteiger partial charge in [0.05, 0.1) is 23.4 Å². The predicted molar refractivity (Wildman–Crippen MR) is 79.2 cm³/mol. The zero-order valence-corrected chi connectivity index (χ0v) is 11.9. The predicted octanol–water partition coefficient (Wildman–Crippen LogP) is 1.61. The summed E-state index contributed by atoms with van der Waals surface area (Å²) in [6.45, 7) is 3.83. The molecular formula is C15H22N4O. The van der Waals surface area contributed by atoms with E-state index in [1.54, 1.807) is 0 Å². The maximum Gasteiger partial charge on any atom is 0.0746 e. The van der Waals surface area contributed by atoms with Gasteiger partial charge in [0.15, 0.2) is 0 Å². The summed E-state index contributed by atoms with van der Waals surface area (Å²) in [5.74, 6) is 5.72. The van der Waals surface area contributed by atoms with E-state index in [9.17, 15) is 0 Å². The lowest BCUT2D eigenvalue weighted by Crippen LogP contribution is -2.45. The minimum atomic E-state index is 0.126. The number of aromatic nitrogens is 2. The van der Waals surface area contributed by atoms with Crippen LogP contribution in [0.15, 0.2) is 24.3 Å². The van der Waals surface area contributed by atoms with Crippen LogP contribution in [0.4, 0.5) is 0 Å². The molecule has 3 rings (SSSR count). The molecule has 0 bridgehead atoms. The molecule has 5 heteroatoms. The van der Waals surface area contributed by atoms with Gasteiger partial charge >= 0.3 is 0 Å². The summed E-state index contributed by atoms with van der Waals surface area (Å²) in [7, 11) is 0. The van der Waals surface area contributed by atoms with Crippen LogP contribution >= 0.6 is 0 Å². The van der Waals surface area contributed by atoms with Gasteiger partial charge in [0.2, 0.25) is 0 Å². The van der Waals surface area contributed by atoms with E-state index in [0.717, 1.165) is 38.1 Å². The quantitative estimate of drug-likeness (QED) is 0.642. The van der Waals surface area contributed by atoms with Crippen LogP contribution in [0.2, 0.25) is 0 Å². The molecule has 0 saturated carbocycles. The third kappa shape index (κ3) is 2.44. The summed E-state index contributed by atoms with van der Waals surface area (Å²) in [5, 5.41) is 5.95. The zero-order valence-electron chi connectivity index (χ0n) is 11.9. The molecule has 108 valence electrons. The number of nitrogens with zero attached hydrogens (tertiary/aromatic N) is 2. The van der Waals surface area contributed by atoms with Gasteiger partial charge in [-0.05, 0) is 25.8 Å². The molecule has 1 aliphatic rings. The van der Waals surface area contributed by atoms with E-state index >= 15 is 0 Å². The molecule has 20 heavy (non-hydrogen) atoms. The minimum Gasteiger partial charge on any atom is -0.377 e. The Labute approximate surface area is 119 Å². The van der Waals surface area contributed by atoms with E-state index < -0.39 is 0 Å². The molecule has 1 aromatic carbocycles. The van der Waals surface area contributed by atoms with E-state index in [-0.39, 0.29) is 12.1 Å². The molecule has 2 aromatic rings. The molecule has 0 amide bonds. The number of fused-ring (bicyclic) bond motifs is 1. The summed E-state index contributed by atoms with van der Waals surface area (Å²) in [5.41, 5.74) is 5.20. The Morgan fingerprint density at radius 3 is 3.05 bits per heavy atom. The Morgan fingerprint density at radius 2 is 2.35 bits per heavy atom. The summed E-state index contributed by atoms with van der Waals surface area (Å²) >= 11 is 0. The number of benzene rings is 1. The summed E-state index contributed by atoms with van der Waals surface area (Å²) in [4.78, 5) is 0. The normalized spacial score (nSPS) is 20.6. The third-order valence-corrected chi connectivity index (χ3v) is 4.08. The second kappa shape index (κ2) is 5.91. The topological polar surface area (TPSA) is 65.1 Å². The molecule has 1 aliphatic heterocycles. The second-order valence-corrected chi connectivity index (χ2v) is 5.31. The lowest BCUT2D eigenvalue weighted by molar-refractivity contribution is 0.0782. The molecule has 2 heterocycles. The number of hydrogen-bond donors (Lipinski definition) is 2. The lowest BCUT2D eigenvalue weighted by atomic mass is 10.0. The molecule has 3 N–H and O–H groups in total. The first-order valence-corrected chi connectivity index (χ1v) is 7.35. The number of hydrogen-bond acceptors (Lipinski definition) is 4. The lowest BCUT2D eigenvalue weighted by Gasteiger charge is -2.21. The first-order chi connectivity index (χ1) is 9.83. The number of nitrogens with two attached hydrogens (primary N) is 1. The van der Waals surface area contributed by atoms with Crippen molar-refractivity contribution in [1.29, 1.82) is 0 Å². The molecule has 2 unspecified atom stereocenters. The van der Waals surface area contributed by atoms with Crippen molar-refractivity contribution in [2.24, 2.45) is 5.84 Å². The average molecular weight is 274 g/mol. The fourth-order valence-electron chi connectivity index (χ4n) is 3.01. The third-order valence-electron chi connectivity index (χ3n) is 4.08. The van der Waals surface area contributed by atoms with Crippen LogP contribution in [-0.4, -0.2) is 28.5 Å². The Kier molecular flexibility index (Phi) is 4.00. The highest BCUT2D eigenvalue weighted by molar-refractivity contribution is 5.82. The monoisotopic (exact) mass is 274 g/mol. The van der Waals surface area contributed by atoms with Crippen LogP contribution in [0.3, 0.4) is 0 Å². The van der Waals surface area contributed by atoms with Crippen LogP contribution in [0, 0.1) is 0 Å². The number of para-hydroxylation sites is 1. The van der Waals surface area contributed by atoms with E-state index in [1.165, 1.54) is 10.9 Å². The van der Waals surface area contributed by atoms with Gasteiger partial charge in [-0.15, -0.1) is 0 Å². The van der Waals surface area contributed by atoms with Gasteiger partial charge in [0.25, 0.3) is 0 Å². The molecule has 2 atom stereocenters. The van der Waals surface area contributed by atoms with Crippen molar-refractivity contribution in [3.63, 3.8) is 0 Å². The fraction of sp³-hybridized carbons (Fsp3) is 0.533. The highest BCUT2D eigenvalue weighted by atomic mass is 16.5. The SMILES string of the molecule is CCn1nc(CC(NN)C2CCCO2)c2ccccc21. The van der Waals surface area contributed by atoms with Crippen LogP contribution in [0.25, 0.3) is 10.9 Å². The minimum absolute atomic E-state index is 0.126. The first-order valence-electron chi connectivity index (χ1n) is 7.35. The van der Waals surface area contributed by atoms with Gasteiger partial charge in [0.1, 0.15) is 0 Å². The van der Waals surface area contributed by atoms with Crippen molar-refractivity contribution in [2.45, 2.75) is 44.9 Å². The van der Waals surface area contributed by atoms with E-state index in [2.05, 4.69) is 36.6 Å². The Hall–Kier alpha value is -1.43. The number of aryl methyl sites for hydroxylation is 1. The molecule has 1 fully saturated rings. The fourth-order valence-corrected chi connectivity index (χ4v) is 3.01. The number of rotatable bonds is 5. The summed E-state index contributed by atoms with van der Waals surface area (Å²) < 4.78 is 7.80. The standard InChI is InChI=1S/C15H22N4O/c1-2-19-14-7-4-3-6-11(14)12(18-19)10-13(17-16)15-8-5-9-20-15/h3-4,6-7,13,15,17H,2,5,8-10,16H2,1H3. The van der Waals surface area contributed by atoms with Gasteiger partial charge < -0.3 is 4.74 Å². The Balaban J connectivity index is 1.89. The van der Waals surface area contributed by atoms with Crippen LogP contribution < -0.4 is 11.3 Å². The molecule has 0 aliphatic carbocycles. The van der Waals surface area contributed by atoms with Crippen molar-refractivity contribution in [1.82, 2.24) is 15.2 Å². The van der Waals surface area contributed by atoms with Gasteiger partial charge in [-0.1, -0.05) is 18.2 Å². The maximum absolute atomic E-state index is 5.75. The van der Waals surface area contributed by atoms with Gasteiger partial charge in [-0.2, -0.15) is 5.10 Å². The van der Waals surface area contributed by atoms with Crippen LogP contribution in [-0.2, 0) is 17.7 Å².